The fraction of sp³-hybridized carbons (Fsp3) is 0. The summed E-state index contributed by atoms with van der Waals surface area (Å²) in [5.41, 5.74) is 5.69. The van der Waals surface area contributed by atoms with Crippen molar-refractivity contribution in [2.24, 2.45) is 5.73 Å². The molecule has 1 aromatic carbocycles. The Hall–Kier alpha value is -1.84. The van der Waals surface area contributed by atoms with Crippen LogP contribution in [0.15, 0.2) is 24.4 Å². The second kappa shape index (κ2) is 2.58. The molecule has 0 atom stereocenters. The maximum absolute atomic E-state index is 13.1. The number of hydrogen-bond acceptors (Lipinski definition) is 1. The summed E-state index contributed by atoms with van der Waals surface area (Å²) in [6.45, 7) is 0. The van der Waals surface area contributed by atoms with Crippen LogP contribution in [-0.2, 0) is 0 Å². The lowest BCUT2D eigenvalue weighted by Gasteiger charge is -1.99. The number of hydrogen-bond donors (Lipinski definition) is 2. The predicted octanol–water partition coefficient (Wildman–Crippen LogP) is 1.41. The Labute approximate surface area is 73.4 Å². The molecule has 4 heteroatoms. The first-order valence-corrected chi connectivity index (χ1v) is 3.75. The predicted molar refractivity (Wildman–Crippen MR) is 46.8 cm³/mol. The van der Waals surface area contributed by atoms with Gasteiger partial charge in [0.05, 0.1) is 5.56 Å². The van der Waals surface area contributed by atoms with Crippen molar-refractivity contribution in [1.29, 1.82) is 0 Å². The van der Waals surface area contributed by atoms with E-state index in [1.54, 1.807) is 18.3 Å². The van der Waals surface area contributed by atoms with E-state index in [1.165, 1.54) is 6.07 Å². The Morgan fingerprint density at radius 2 is 2.15 bits per heavy atom. The quantitative estimate of drug-likeness (QED) is 0.681. The van der Waals surface area contributed by atoms with E-state index in [0.29, 0.717) is 10.9 Å². The van der Waals surface area contributed by atoms with E-state index in [9.17, 15) is 9.18 Å². The van der Waals surface area contributed by atoms with Gasteiger partial charge >= 0.3 is 0 Å². The smallest absolute Gasteiger partial charge is 0.252 e. The summed E-state index contributed by atoms with van der Waals surface area (Å²) >= 11 is 0. The van der Waals surface area contributed by atoms with Gasteiger partial charge in [-0.25, -0.2) is 4.39 Å². The molecule has 0 fully saturated rings. The van der Waals surface area contributed by atoms with Gasteiger partial charge in [-0.3, -0.25) is 4.79 Å². The first-order chi connectivity index (χ1) is 6.20. The molecular weight excluding hydrogens is 171 g/mol. The zero-order chi connectivity index (χ0) is 9.42. The van der Waals surface area contributed by atoms with Gasteiger partial charge in [0.2, 0.25) is 0 Å². The number of primary amides is 1. The van der Waals surface area contributed by atoms with Gasteiger partial charge in [0.1, 0.15) is 5.82 Å². The number of aromatic amines is 1. The molecule has 0 saturated carbocycles. The van der Waals surface area contributed by atoms with Crippen molar-refractivity contribution < 1.29 is 9.18 Å². The molecule has 0 aliphatic rings. The summed E-state index contributed by atoms with van der Waals surface area (Å²) in [5, 5.41) is 0.521. The van der Waals surface area contributed by atoms with Crippen LogP contribution in [0.5, 0.6) is 0 Å². The molecule has 0 spiro atoms. The average Bonchev–Trinajstić information content (AvgIpc) is 2.50. The molecule has 0 saturated heterocycles. The van der Waals surface area contributed by atoms with E-state index in [4.69, 9.17) is 5.73 Å². The molecule has 2 aromatic rings. The van der Waals surface area contributed by atoms with Crippen LogP contribution in [-0.4, -0.2) is 10.9 Å². The zero-order valence-corrected chi connectivity index (χ0v) is 6.67. The summed E-state index contributed by atoms with van der Waals surface area (Å²) in [4.78, 5) is 13.8. The average molecular weight is 178 g/mol. The van der Waals surface area contributed by atoms with Crippen molar-refractivity contribution in [2.75, 3.05) is 0 Å². The number of rotatable bonds is 1. The van der Waals surface area contributed by atoms with Crippen LogP contribution in [0.1, 0.15) is 10.4 Å². The highest BCUT2D eigenvalue weighted by atomic mass is 19.1. The molecule has 1 amide bonds. The van der Waals surface area contributed by atoms with E-state index in [-0.39, 0.29) is 5.56 Å². The fourth-order valence-corrected chi connectivity index (χ4v) is 1.36. The summed E-state index contributed by atoms with van der Waals surface area (Å²) in [6.07, 6.45) is 1.64. The van der Waals surface area contributed by atoms with E-state index < -0.39 is 11.7 Å². The maximum Gasteiger partial charge on any atom is 0.252 e. The van der Waals surface area contributed by atoms with Crippen LogP contribution < -0.4 is 5.73 Å². The molecule has 0 bridgehead atoms. The first-order valence-electron chi connectivity index (χ1n) is 3.75. The van der Waals surface area contributed by atoms with Gasteiger partial charge < -0.3 is 10.7 Å². The van der Waals surface area contributed by atoms with Crippen molar-refractivity contribution in [3.8, 4) is 0 Å². The fourth-order valence-electron chi connectivity index (χ4n) is 1.36. The van der Waals surface area contributed by atoms with Crippen molar-refractivity contribution in [3.05, 3.63) is 35.8 Å². The first kappa shape index (κ1) is 7.79. The minimum atomic E-state index is -0.747. The number of amides is 1. The SMILES string of the molecule is NC(=O)c1c(F)ccc2[nH]ccc12. The number of fused-ring (bicyclic) bond motifs is 1. The van der Waals surface area contributed by atoms with E-state index >= 15 is 0 Å². The highest BCUT2D eigenvalue weighted by Gasteiger charge is 2.12. The lowest BCUT2D eigenvalue weighted by Crippen LogP contribution is -2.13. The third-order valence-corrected chi connectivity index (χ3v) is 1.93. The number of benzene rings is 1. The van der Waals surface area contributed by atoms with Crippen LogP contribution in [0, 0.1) is 5.82 Å². The highest BCUT2D eigenvalue weighted by Crippen LogP contribution is 2.19. The van der Waals surface area contributed by atoms with Gasteiger partial charge in [-0.05, 0) is 18.2 Å². The number of carbonyl (C=O) groups is 1. The lowest BCUT2D eigenvalue weighted by molar-refractivity contribution is 0.0998. The number of nitrogens with two attached hydrogens (primary N) is 1. The monoisotopic (exact) mass is 178 g/mol. The van der Waals surface area contributed by atoms with Crippen LogP contribution in [0.2, 0.25) is 0 Å². The Morgan fingerprint density at radius 3 is 2.85 bits per heavy atom. The van der Waals surface area contributed by atoms with Gasteiger partial charge in [0, 0.05) is 17.1 Å². The molecule has 0 unspecified atom stereocenters. The lowest BCUT2D eigenvalue weighted by atomic mass is 10.1. The topological polar surface area (TPSA) is 58.9 Å². The van der Waals surface area contributed by atoms with Crippen LogP contribution in [0.4, 0.5) is 4.39 Å². The van der Waals surface area contributed by atoms with Crippen LogP contribution in [0.3, 0.4) is 0 Å². The molecule has 2 rings (SSSR count). The van der Waals surface area contributed by atoms with Gasteiger partial charge in [0.25, 0.3) is 5.91 Å². The second-order valence-electron chi connectivity index (χ2n) is 2.73. The molecule has 0 aliphatic heterocycles. The molecular formula is C9H7FN2O. The number of H-pyrrole nitrogens is 1. The van der Waals surface area contributed by atoms with Gasteiger partial charge in [-0.2, -0.15) is 0 Å². The Balaban J connectivity index is 2.88. The summed E-state index contributed by atoms with van der Waals surface area (Å²) in [6, 6.07) is 4.41. The molecule has 3 N–H and O–H groups in total. The molecule has 0 aliphatic carbocycles. The van der Waals surface area contributed by atoms with E-state index in [1.807, 2.05) is 0 Å². The van der Waals surface area contributed by atoms with Crippen molar-refractivity contribution >= 4 is 16.8 Å². The Kier molecular flexibility index (Phi) is 1.55. The third kappa shape index (κ3) is 1.07. The summed E-state index contributed by atoms with van der Waals surface area (Å²) < 4.78 is 13.1. The molecule has 0 radical (unpaired) electrons. The molecule has 66 valence electrons. The number of aromatic nitrogens is 1. The van der Waals surface area contributed by atoms with Gasteiger partial charge in [-0.1, -0.05) is 0 Å². The minimum Gasteiger partial charge on any atom is -0.365 e. The highest BCUT2D eigenvalue weighted by molar-refractivity contribution is 6.05. The van der Waals surface area contributed by atoms with E-state index in [2.05, 4.69) is 4.98 Å². The number of carbonyl (C=O) groups excluding carboxylic acids is 1. The summed E-state index contributed by atoms with van der Waals surface area (Å²) in [5.74, 6) is -1.33. The van der Waals surface area contributed by atoms with Crippen LogP contribution in [0.25, 0.3) is 10.9 Å². The normalized spacial score (nSPS) is 10.5. The van der Waals surface area contributed by atoms with E-state index in [0.717, 1.165) is 0 Å². The zero-order valence-electron chi connectivity index (χ0n) is 6.67. The maximum atomic E-state index is 13.1. The van der Waals surface area contributed by atoms with Crippen LogP contribution >= 0.6 is 0 Å². The van der Waals surface area contributed by atoms with Crippen molar-refractivity contribution in [3.63, 3.8) is 0 Å². The Bertz CT molecular complexity index is 475. The van der Waals surface area contributed by atoms with Gasteiger partial charge in [-0.15, -0.1) is 0 Å². The standard InChI is InChI=1S/C9H7FN2O/c10-6-1-2-7-5(3-4-12-7)8(6)9(11)13/h1-4,12H,(H2,11,13). The number of nitrogens with one attached hydrogen (secondary N) is 1. The Morgan fingerprint density at radius 1 is 1.38 bits per heavy atom. The molecule has 3 nitrogen and oxygen atoms in total. The molecule has 1 aromatic heterocycles. The van der Waals surface area contributed by atoms with Gasteiger partial charge in [0.15, 0.2) is 0 Å². The molecule has 13 heavy (non-hydrogen) atoms. The minimum absolute atomic E-state index is 0.0567. The number of halogens is 1. The molecule has 1 heterocycles. The largest absolute Gasteiger partial charge is 0.365 e. The summed E-state index contributed by atoms with van der Waals surface area (Å²) in [7, 11) is 0. The second-order valence-corrected chi connectivity index (χ2v) is 2.73. The van der Waals surface area contributed by atoms with Crippen molar-refractivity contribution in [1.82, 2.24) is 4.98 Å². The third-order valence-electron chi connectivity index (χ3n) is 1.93. The van der Waals surface area contributed by atoms with Crippen molar-refractivity contribution in [2.45, 2.75) is 0 Å².